The number of carbonyl (C=O) groups excluding carboxylic acids is 2. The maximum absolute atomic E-state index is 11.6. The van der Waals surface area contributed by atoms with Gasteiger partial charge in [-0.3, -0.25) is 9.59 Å². The van der Waals surface area contributed by atoms with E-state index in [0.29, 0.717) is 0 Å². The molecule has 1 amide bonds. The molecule has 12 heteroatoms. The Hall–Kier alpha value is -2.33. The van der Waals surface area contributed by atoms with Crippen LogP contribution >= 0.6 is 24.0 Å². The third-order valence-corrected chi connectivity index (χ3v) is 2.20. The first kappa shape index (κ1) is 18.7. The van der Waals surface area contributed by atoms with Gasteiger partial charge in [0.05, 0.1) is 7.11 Å². The van der Waals surface area contributed by atoms with E-state index in [4.69, 9.17) is 28.8 Å². The minimum atomic E-state index is -0.878. The maximum Gasteiger partial charge on any atom is 0.325 e. The molecule has 21 heavy (non-hydrogen) atoms. The van der Waals surface area contributed by atoms with Crippen molar-refractivity contribution in [2.45, 2.75) is 0 Å². The number of methoxy groups -OCH3 is 1. The standard InChI is InChI=1S/C9H12ClN7O3.ClH/c1-20-3(18)2-14-7-5(10)15-4(6(11)16-7)8(19)17-9(12)13;/h2H2,1H3,(H3,11,14,16)(H4,12,13,17,19);1H. The van der Waals surface area contributed by atoms with Crippen LogP contribution in [0.15, 0.2) is 4.99 Å². The van der Waals surface area contributed by atoms with Crippen LogP contribution in [0.5, 0.6) is 0 Å². The summed E-state index contributed by atoms with van der Waals surface area (Å²) in [7, 11) is 1.22. The van der Waals surface area contributed by atoms with Crippen LogP contribution in [0.4, 0.5) is 11.6 Å². The van der Waals surface area contributed by atoms with E-state index >= 15 is 0 Å². The topological polar surface area (TPSA) is 172 Å². The van der Waals surface area contributed by atoms with Gasteiger partial charge in [-0.15, -0.1) is 12.4 Å². The summed E-state index contributed by atoms with van der Waals surface area (Å²) in [6.45, 7) is -0.189. The summed E-state index contributed by atoms with van der Waals surface area (Å²) in [4.78, 5) is 33.3. The summed E-state index contributed by atoms with van der Waals surface area (Å²) in [6.07, 6.45) is 0. The summed E-state index contributed by atoms with van der Waals surface area (Å²) in [5.41, 5.74) is 15.4. The molecule has 0 bridgehead atoms. The van der Waals surface area contributed by atoms with Crippen molar-refractivity contribution < 1.29 is 14.3 Å². The van der Waals surface area contributed by atoms with E-state index in [0.717, 1.165) is 0 Å². The lowest BCUT2D eigenvalue weighted by Gasteiger charge is -2.08. The van der Waals surface area contributed by atoms with Gasteiger partial charge >= 0.3 is 11.9 Å². The molecule has 0 radical (unpaired) electrons. The molecular formula is C9H13Cl2N7O3. The Labute approximate surface area is 130 Å². The molecule has 0 aromatic carbocycles. The fourth-order valence-electron chi connectivity index (χ4n) is 1.10. The van der Waals surface area contributed by atoms with Gasteiger partial charge in [0, 0.05) is 0 Å². The highest BCUT2D eigenvalue weighted by atomic mass is 35.5. The van der Waals surface area contributed by atoms with E-state index in [1.165, 1.54) is 7.11 Å². The molecule has 1 rings (SSSR count). The second-order valence-electron chi connectivity index (χ2n) is 3.37. The number of hydrogen-bond acceptors (Lipinski definition) is 7. The maximum atomic E-state index is 11.6. The number of ether oxygens (including phenoxy) is 1. The highest BCUT2D eigenvalue weighted by molar-refractivity contribution is 6.32. The average Bonchev–Trinajstić information content (AvgIpc) is 2.37. The molecule has 116 valence electrons. The first-order chi connectivity index (χ1) is 9.35. The molecule has 1 aromatic rings. The second kappa shape index (κ2) is 8.07. The fourth-order valence-corrected chi connectivity index (χ4v) is 1.29. The van der Waals surface area contributed by atoms with Crippen LogP contribution in [-0.2, 0) is 9.53 Å². The Balaban J connectivity index is 0.00000400. The van der Waals surface area contributed by atoms with Crippen LogP contribution in [0, 0.1) is 0 Å². The van der Waals surface area contributed by atoms with Gasteiger partial charge in [0.2, 0.25) is 0 Å². The fraction of sp³-hybridized carbons (Fsp3) is 0.222. The molecule has 0 fully saturated rings. The number of hydrogen-bond donors (Lipinski definition) is 4. The van der Waals surface area contributed by atoms with Gasteiger partial charge in [-0.2, -0.15) is 4.99 Å². The number of aromatic nitrogens is 2. The molecule has 0 atom stereocenters. The quantitative estimate of drug-likeness (QED) is 0.309. The van der Waals surface area contributed by atoms with Crippen molar-refractivity contribution in [1.82, 2.24) is 9.97 Å². The van der Waals surface area contributed by atoms with Gasteiger partial charge in [-0.25, -0.2) is 9.97 Å². The monoisotopic (exact) mass is 337 g/mol. The minimum absolute atomic E-state index is 0. The summed E-state index contributed by atoms with van der Waals surface area (Å²) >= 11 is 5.80. The summed E-state index contributed by atoms with van der Waals surface area (Å²) in [5.74, 6) is -2.08. The summed E-state index contributed by atoms with van der Waals surface area (Å²) < 4.78 is 4.42. The van der Waals surface area contributed by atoms with E-state index in [-0.39, 0.29) is 41.4 Å². The van der Waals surface area contributed by atoms with Crippen molar-refractivity contribution in [2.75, 3.05) is 24.7 Å². The number of amides is 1. The van der Waals surface area contributed by atoms with Gasteiger partial charge in [-0.1, -0.05) is 11.6 Å². The number of nitrogen functional groups attached to an aromatic ring is 1. The lowest BCUT2D eigenvalue weighted by molar-refractivity contribution is -0.138. The Kier molecular flexibility index (Phi) is 7.17. The molecule has 10 nitrogen and oxygen atoms in total. The van der Waals surface area contributed by atoms with Gasteiger partial charge in [0.15, 0.2) is 28.4 Å². The van der Waals surface area contributed by atoms with Crippen LogP contribution in [0.1, 0.15) is 10.5 Å². The Morgan fingerprint density at radius 3 is 2.52 bits per heavy atom. The van der Waals surface area contributed by atoms with E-state index in [1.807, 2.05) is 0 Å². The smallest absolute Gasteiger partial charge is 0.325 e. The number of anilines is 2. The zero-order valence-corrected chi connectivity index (χ0v) is 12.4. The number of carbonyl (C=O) groups is 2. The molecule has 7 N–H and O–H groups in total. The van der Waals surface area contributed by atoms with Crippen molar-refractivity contribution in [3.05, 3.63) is 10.8 Å². The molecule has 0 saturated carbocycles. The Morgan fingerprint density at radius 2 is 2.00 bits per heavy atom. The van der Waals surface area contributed by atoms with Gasteiger partial charge in [0.1, 0.15) is 6.54 Å². The molecule has 0 unspecified atom stereocenters. The lowest BCUT2D eigenvalue weighted by Crippen LogP contribution is -2.25. The van der Waals surface area contributed by atoms with Crippen LogP contribution in [0.3, 0.4) is 0 Å². The lowest BCUT2D eigenvalue weighted by atomic mass is 10.4. The van der Waals surface area contributed by atoms with Crippen molar-refractivity contribution in [1.29, 1.82) is 0 Å². The van der Waals surface area contributed by atoms with Crippen molar-refractivity contribution in [2.24, 2.45) is 16.5 Å². The number of aliphatic imine (C=N–C) groups is 1. The first-order valence-electron chi connectivity index (χ1n) is 5.12. The molecule has 1 aromatic heterocycles. The van der Waals surface area contributed by atoms with E-state index in [2.05, 4.69) is 25.0 Å². The second-order valence-corrected chi connectivity index (χ2v) is 3.73. The van der Waals surface area contributed by atoms with Crippen LogP contribution in [0.2, 0.25) is 5.15 Å². The van der Waals surface area contributed by atoms with E-state index in [9.17, 15) is 9.59 Å². The molecule has 0 aliphatic rings. The molecule has 0 saturated heterocycles. The number of nitrogens with two attached hydrogens (primary N) is 3. The zero-order chi connectivity index (χ0) is 15.3. The van der Waals surface area contributed by atoms with Crippen molar-refractivity contribution in [3.63, 3.8) is 0 Å². The average molecular weight is 338 g/mol. The van der Waals surface area contributed by atoms with Crippen LogP contribution < -0.4 is 22.5 Å². The molecular weight excluding hydrogens is 325 g/mol. The van der Waals surface area contributed by atoms with Crippen molar-refractivity contribution in [3.8, 4) is 0 Å². The molecule has 0 aliphatic heterocycles. The van der Waals surface area contributed by atoms with E-state index in [1.54, 1.807) is 0 Å². The first-order valence-corrected chi connectivity index (χ1v) is 5.50. The number of guanidine groups is 1. The van der Waals surface area contributed by atoms with Crippen LogP contribution in [0.25, 0.3) is 0 Å². The van der Waals surface area contributed by atoms with Gasteiger partial charge in [0.25, 0.3) is 0 Å². The van der Waals surface area contributed by atoms with Gasteiger partial charge in [-0.05, 0) is 0 Å². The normalized spacial score (nSPS) is 9.24. The predicted molar refractivity (Wildman–Crippen MR) is 79.3 cm³/mol. The number of nitrogens with zero attached hydrogens (tertiary/aromatic N) is 3. The molecule has 0 aliphatic carbocycles. The Bertz CT molecular complexity index is 575. The Morgan fingerprint density at radius 1 is 1.38 bits per heavy atom. The highest BCUT2D eigenvalue weighted by Crippen LogP contribution is 2.20. The summed E-state index contributed by atoms with van der Waals surface area (Å²) in [6, 6.07) is 0. The summed E-state index contributed by atoms with van der Waals surface area (Å²) in [5, 5.41) is 2.39. The minimum Gasteiger partial charge on any atom is -0.468 e. The number of esters is 1. The third-order valence-electron chi connectivity index (χ3n) is 1.94. The number of rotatable bonds is 4. The number of nitrogens with one attached hydrogen (secondary N) is 1. The number of halogens is 2. The van der Waals surface area contributed by atoms with E-state index < -0.39 is 17.8 Å². The molecule has 0 spiro atoms. The predicted octanol–water partition coefficient (Wildman–Crippen LogP) is -0.868. The largest absolute Gasteiger partial charge is 0.468 e. The van der Waals surface area contributed by atoms with Crippen molar-refractivity contribution >= 4 is 53.5 Å². The third kappa shape index (κ3) is 5.28. The highest BCUT2D eigenvalue weighted by Gasteiger charge is 2.17. The molecule has 1 heterocycles. The van der Waals surface area contributed by atoms with Crippen LogP contribution in [-0.4, -0.2) is 41.5 Å². The zero-order valence-electron chi connectivity index (χ0n) is 10.8. The SMILES string of the molecule is COC(=O)CNc1nc(N)c(C(=O)N=C(N)N)nc1Cl.Cl. The van der Waals surface area contributed by atoms with Gasteiger partial charge < -0.3 is 27.3 Å².